The highest BCUT2D eigenvalue weighted by Crippen LogP contribution is 2.31. The summed E-state index contributed by atoms with van der Waals surface area (Å²) >= 11 is 0. The topological polar surface area (TPSA) is 76.1 Å². The van der Waals surface area contributed by atoms with Crippen molar-refractivity contribution in [2.75, 3.05) is 20.8 Å². The number of hydrogen-bond acceptors (Lipinski definition) is 4. The molecule has 1 atom stereocenters. The first-order valence-electron chi connectivity index (χ1n) is 6.35. The van der Waals surface area contributed by atoms with Crippen molar-refractivity contribution in [2.45, 2.75) is 18.9 Å². The lowest BCUT2D eigenvalue weighted by Crippen LogP contribution is -2.40. The number of carbonyl (C=O) groups is 2. The van der Waals surface area contributed by atoms with Crippen molar-refractivity contribution in [1.82, 2.24) is 4.90 Å². The highest BCUT2D eigenvalue weighted by molar-refractivity contribution is 6.01. The smallest absolute Gasteiger partial charge is 0.326 e. The average molecular weight is 279 g/mol. The van der Waals surface area contributed by atoms with Crippen LogP contribution in [0.1, 0.15) is 23.2 Å². The van der Waals surface area contributed by atoms with Crippen LogP contribution in [0.25, 0.3) is 0 Å². The number of likely N-dealkylation sites (tertiary alicyclic amines) is 1. The Morgan fingerprint density at radius 1 is 1.25 bits per heavy atom. The van der Waals surface area contributed by atoms with E-state index in [1.807, 2.05) is 0 Å². The minimum absolute atomic E-state index is 0.269. The molecule has 0 spiro atoms. The van der Waals surface area contributed by atoms with Crippen molar-refractivity contribution in [3.05, 3.63) is 23.8 Å². The Labute approximate surface area is 116 Å². The first-order valence-corrected chi connectivity index (χ1v) is 6.35. The zero-order chi connectivity index (χ0) is 14.7. The van der Waals surface area contributed by atoms with E-state index >= 15 is 0 Å². The van der Waals surface area contributed by atoms with Gasteiger partial charge in [0.1, 0.15) is 23.1 Å². The van der Waals surface area contributed by atoms with Crippen LogP contribution >= 0.6 is 0 Å². The molecule has 1 aliphatic rings. The molecule has 0 bridgehead atoms. The van der Waals surface area contributed by atoms with Crippen LogP contribution in [-0.2, 0) is 4.79 Å². The number of nitrogens with zero attached hydrogens (tertiary/aromatic N) is 1. The second kappa shape index (κ2) is 5.81. The zero-order valence-corrected chi connectivity index (χ0v) is 11.5. The van der Waals surface area contributed by atoms with Crippen molar-refractivity contribution in [2.24, 2.45) is 0 Å². The van der Waals surface area contributed by atoms with E-state index in [1.54, 1.807) is 18.2 Å². The molecule has 0 aliphatic carbocycles. The lowest BCUT2D eigenvalue weighted by molar-refractivity contribution is -0.141. The van der Waals surface area contributed by atoms with E-state index in [1.165, 1.54) is 19.1 Å². The summed E-state index contributed by atoms with van der Waals surface area (Å²) in [4.78, 5) is 25.2. The molecule has 1 amide bonds. The third kappa shape index (κ3) is 2.41. The summed E-state index contributed by atoms with van der Waals surface area (Å²) in [7, 11) is 2.93. The molecule has 20 heavy (non-hydrogen) atoms. The highest BCUT2D eigenvalue weighted by atomic mass is 16.5. The normalized spacial score (nSPS) is 17.9. The fraction of sp³-hybridized carbons (Fsp3) is 0.429. The summed E-state index contributed by atoms with van der Waals surface area (Å²) in [6, 6.07) is 4.24. The molecular formula is C14H17NO5. The number of methoxy groups -OCH3 is 2. The summed E-state index contributed by atoms with van der Waals surface area (Å²) < 4.78 is 10.4. The molecule has 6 heteroatoms. The first kappa shape index (κ1) is 14.2. The van der Waals surface area contributed by atoms with Gasteiger partial charge in [-0.05, 0) is 25.0 Å². The Bertz CT molecular complexity index is 506. The van der Waals surface area contributed by atoms with Gasteiger partial charge in [-0.3, -0.25) is 4.79 Å². The van der Waals surface area contributed by atoms with E-state index in [4.69, 9.17) is 9.47 Å². The van der Waals surface area contributed by atoms with Crippen LogP contribution in [-0.4, -0.2) is 48.7 Å². The molecule has 1 unspecified atom stereocenters. The standard InChI is InChI=1S/C14H17NO5/c1-19-10-6-3-7-11(20-2)12(10)13(16)15-8-4-5-9(15)14(17)18/h3,6-7,9H,4-5,8H2,1-2H3,(H,17,18). The van der Waals surface area contributed by atoms with Gasteiger partial charge >= 0.3 is 5.97 Å². The minimum Gasteiger partial charge on any atom is -0.496 e. The molecule has 1 N–H and O–H groups in total. The van der Waals surface area contributed by atoms with Crippen LogP contribution in [0.2, 0.25) is 0 Å². The molecule has 0 aromatic heterocycles. The lowest BCUT2D eigenvalue weighted by Gasteiger charge is -2.23. The first-order chi connectivity index (χ1) is 9.60. The summed E-state index contributed by atoms with van der Waals surface area (Å²) in [6.07, 6.45) is 1.15. The van der Waals surface area contributed by atoms with Gasteiger partial charge in [0.2, 0.25) is 0 Å². The van der Waals surface area contributed by atoms with Crippen LogP contribution in [0.4, 0.5) is 0 Å². The van der Waals surface area contributed by atoms with Gasteiger partial charge in [0, 0.05) is 6.54 Å². The van der Waals surface area contributed by atoms with Gasteiger partial charge in [-0.2, -0.15) is 0 Å². The zero-order valence-electron chi connectivity index (χ0n) is 11.5. The van der Waals surface area contributed by atoms with Crippen molar-refractivity contribution >= 4 is 11.9 Å². The molecule has 6 nitrogen and oxygen atoms in total. The number of carboxylic acid groups (broad SMARTS) is 1. The Morgan fingerprint density at radius 2 is 1.85 bits per heavy atom. The predicted molar refractivity (Wildman–Crippen MR) is 71.2 cm³/mol. The second-order valence-electron chi connectivity index (χ2n) is 4.53. The van der Waals surface area contributed by atoms with Crippen molar-refractivity contribution in [3.8, 4) is 11.5 Å². The second-order valence-corrected chi connectivity index (χ2v) is 4.53. The van der Waals surface area contributed by atoms with Gasteiger partial charge in [0.05, 0.1) is 14.2 Å². The van der Waals surface area contributed by atoms with E-state index in [-0.39, 0.29) is 11.5 Å². The molecule has 1 saturated heterocycles. The molecule has 1 aliphatic heterocycles. The third-order valence-corrected chi connectivity index (χ3v) is 3.44. The fourth-order valence-electron chi connectivity index (χ4n) is 2.47. The molecule has 2 rings (SSSR count). The maximum Gasteiger partial charge on any atom is 0.326 e. The summed E-state index contributed by atoms with van der Waals surface area (Å²) in [5, 5.41) is 9.18. The quantitative estimate of drug-likeness (QED) is 0.901. The number of carboxylic acids is 1. The average Bonchev–Trinajstić information content (AvgIpc) is 2.95. The van der Waals surface area contributed by atoms with E-state index < -0.39 is 12.0 Å². The molecule has 1 aromatic carbocycles. The van der Waals surface area contributed by atoms with Crippen LogP contribution in [0.3, 0.4) is 0 Å². The summed E-state index contributed by atoms with van der Waals surface area (Å²) in [6.45, 7) is 0.428. The number of benzene rings is 1. The van der Waals surface area contributed by atoms with E-state index in [0.29, 0.717) is 30.9 Å². The molecule has 1 aromatic rings. The SMILES string of the molecule is COc1cccc(OC)c1C(=O)N1CCCC1C(=O)O. The largest absolute Gasteiger partial charge is 0.496 e. The van der Waals surface area contributed by atoms with Gasteiger partial charge in [0.25, 0.3) is 5.91 Å². The maximum atomic E-state index is 12.6. The van der Waals surface area contributed by atoms with Crippen molar-refractivity contribution in [1.29, 1.82) is 0 Å². The monoisotopic (exact) mass is 279 g/mol. The van der Waals surface area contributed by atoms with Crippen molar-refractivity contribution < 1.29 is 24.2 Å². The number of amides is 1. The van der Waals surface area contributed by atoms with E-state index in [0.717, 1.165) is 0 Å². The van der Waals surface area contributed by atoms with Crippen LogP contribution in [0, 0.1) is 0 Å². The molecule has 0 saturated carbocycles. The Hall–Kier alpha value is -2.24. The van der Waals surface area contributed by atoms with E-state index in [9.17, 15) is 14.7 Å². The number of carbonyl (C=O) groups excluding carboxylic acids is 1. The molecule has 1 fully saturated rings. The molecular weight excluding hydrogens is 262 g/mol. The van der Waals surface area contributed by atoms with Gasteiger partial charge < -0.3 is 19.5 Å². The van der Waals surface area contributed by atoms with Crippen LogP contribution < -0.4 is 9.47 Å². The number of hydrogen-bond donors (Lipinski definition) is 1. The minimum atomic E-state index is -0.982. The molecule has 1 heterocycles. The van der Waals surface area contributed by atoms with E-state index in [2.05, 4.69) is 0 Å². The fourth-order valence-corrected chi connectivity index (χ4v) is 2.47. The van der Waals surface area contributed by atoms with Gasteiger partial charge in [-0.25, -0.2) is 4.79 Å². The Balaban J connectivity index is 2.40. The van der Waals surface area contributed by atoms with Crippen molar-refractivity contribution in [3.63, 3.8) is 0 Å². The van der Waals surface area contributed by atoms with Gasteiger partial charge in [-0.1, -0.05) is 6.07 Å². The van der Waals surface area contributed by atoms with Crippen LogP contribution in [0.5, 0.6) is 11.5 Å². The highest BCUT2D eigenvalue weighted by Gasteiger charge is 2.36. The number of aliphatic carboxylic acids is 1. The van der Waals surface area contributed by atoms with Gasteiger partial charge in [-0.15, -0.1) is 0 Å². The van der Waals surface area contributed by atoms with Crippen LogP contribution in [0.15, 0.2) is 18.2 Å². The maximum absolute atomic E-state index is 12.6. The van der Waals surface area contributed by atoms with Gasteiger partial charge in [0.15, 0.2) is 0 Å². The molecule has 0 radical (unpaired) electrons. The number of ether oxygens (including phenoxy) is 2. The molecule has 108 valence electrons. The summed E-state index contributed by atoms with van der Waals surface area (Å²) in [5.41, 5.74) is 0.269. The predicted octanol–water partition coefficient (Wildman–Crippen LogP) is 1.39. The Kier molecular flexibility index (Phi) is 4.12. The Morgan fingerprint density at radius 3 is 2.35 bits per heavy atom. The lowest BCUT2D eigenvalue weighted by atomic mass is 10.1. The summed E-state index contributed by atoms with van der Waals surface area (Å²) in [5.74, 6) is -0.593. The number of rotatable bonds is 4. The third-order valence-electron chi connectivity index (χ3n) is 3.44.